The fraction of sp³-hybridized carbons (Fsp3) is 0.400. The van der Waals surface area contributed by atoms with Gasteiger partial charge in [0.2, 0.25) is 0 Å². The van der Waals surface area contributed by atoms with Crippen LogP contribution in [0.3, 0.4) is 0 Å². The second-order valence-corrected chi connectivity index (χ2v) is 6.41. The quantitative estimate of drug-likeness (QED) is 0.901. The Morgan fingerprint density at radius 3 is 3.15 bits per heavy atom. The van der Waals surface area contributed by atoms with Crippen LogP contribution in [0.5, 0.6) is 0 Å². The first-order chi connectivity index (χ1) is 9.61. The van der Waals surface area contributed by atoms with Gasteiger partial charge < -0.3 is 10.1 Å². The Morgan fingerprint density at radius 2 is 2.35 bits per heavy atom. The Labute approximate surface area is 125 Å². The van der Waals surface area contributed by atoms with E-state index in [-0.39, 0.29) is 6.42 Å². The van der Waals surface area contributed by atoms with Gasteiger partial charge in [0.1, 0.15) is 0 Å². The highest BCUT2D eigenvalue weighted by Crippen LogP contribution is 2.26. The maximum Gasteiger partial charge on any atom is 0.303 e. The second kappa shape index (κ2) is 5.58. The van der Waals surface area contributed by atoms with Crippen molar-refractivity contribution in [3.63, 3.8) is 0 Å². The van der Waals surface area contributed by atoms with E-state index in [2.05, 4.69) is 44.1 Å². The van der Waals surface area contributed by atoms with Crippen LogP contribution in [0.1, 0.15) is 18.4 Å². The first-order valence-corrected chi connectivity index (χ1v) is 7.61. The van der Waals surface area contributed by atoms with Crippen molar-refractivity contribution in [1.82, 2.24) is 9.88 Å². The van der Waals surface area contributed by atoms with Crippen LogP contribution in [0, 0.1) is 5.92 Å². The summed E-state index contributed by atoms with van der Waals surface area (Å²) < 4.78 is 1.08. The van der Waals surface area contributed by atoms with Crippen LogP contribution < -0.4 is 0 Å². The van der Waals surface area contributed by atoms with Gasteiger partial charge in [-0.1, -0.05) is 15.9 Å². The van der Waals surface area contributed by atoms with Crippen molar-refractivity contribution in [2.24, 2.45) is 5.92 Å². The predicted molar refractivity (Wildman–Crippen MR) is 81.6 cm³/mol. The Bertz CT molecular complexity index is 638. The first kappa shape index (κ1) is 13.6. The topological polar surface area (TPSA) is 56.3 Å². The Hall–Kier alpha value is -1.33. The second-order valence-electron chi connectivity index (χ2n) is 5.49. The number of likely N-dealkylation sites (tertiary alicyclic amines) is 1. The van der Waals surface area contributed by atoms with Gasteiger partial charge >= 0.3 is 5.97 Å². The van der Waals surface area contributed by atoms with Crippen LogP contribution in [0.4, 0.5) is 0 Å². The molecule has 1 aliphatic heterocycles. The number of benzene rings is 1. The molecule has 0 bridgehead atoms. The number of fused-ring (bicyclic) bond motifs is 1. The van der Waals surface area contributed by atoms with Crippen LogP contribution in [0.15, 0.2) is 28.9 Å². The molecule has 0 saturated carbocycles. The van der Waals surface area contributed by atoms with E-state index in [0.717, 1.165) is 36.0 Å². The smallest absolute Gasteiger partial charge is 0.303 e. The normalized spacial score (nSPS) is 19.8. The molecule has 1 atom stereocenters. The Morgan fingerprint density at radius 1 is 1.50 bits per heavy atom. The molecule has 0 radical (unpaired) electrons. The molecule has 2 N–H and O–H groups in total. The number of aliphatic carboxylic acids is 1. The van der Waals surface area contributed by atoms with Crippen LogP contribution in [0.25, 0.3) is 10.9 Å². The molecular weight excluding hydrogens is 320 g/mol. The summed E-state index contributed by atoms with van der Waals surface area (Å²) in [6, 6.07) is 6.23. The van der Waals surface area contributed by atoms with E-state index in [0.29, 0.717) is 5.92 Å². The minimum atomic E-state index is -0.687. The van der Waals surface area contributed by atoms with E-state index in [1.54, 1.807) is 0 Å². The maximum atomic E-state index is 10.8. The molecule has 0 spiro atoms. The number of nitrogens with one attached hydrogen (secondary N) is 1. The van der Waals surface area contributed by atoms with Crippen molar-refractivity contribution in [2.45, 2.75) is 19.4 Å². The standard InChI is InChI=1S/C15H17BrN2O2/c16-12-1-2-14-13(6-12)11(7-17-14)9-18-4-3-10(8-18)5-15(19)20/h1-2,6-7,10,17H,3-5,8-9H2,(H,19,20). The average molecular weight is 337 g/mol. The van der Waals surface area contributed by atoms with Crippen LogP contribution in [-0.2, 0) is 11.3 Å². The molecule has 1 saturated heterocycles. The van der Waals surface area contributed by atoms with Crippen molar-refractivity contribution in [3.8, 4) is 0 Å². The minimum Gasteiger partial charge on any atom is -0.481 e. The van der Waals surface area contributed by atoms with Gasteiger partial charge in [-0.05, 0) is 42.6 Å². The number of carboxylic acids is 1. The molecular formula is C15H17BrN2O2. The van der Waals surface area contributed by atoms with Crippen molar-refractivity contribution in [1.29, 1.82) is 0 Å². The zero-order valence-electron chi connectivity index (χ0n) is 11.1. The zero-order valence-corrected chi connectivity index (χ0v) is 12.7. The molecule has 20 heavy (non-hydrogen) atoms. The van der Waals surface area contributed by atoms with Gasteiger partial charge in [-0.2, -0.15) is 0 Å². The summed E-state index contributed by atoms with van der Waals surface area (Å²) >= 11 is 3.51. The lowest BCUT2D eigenvalue weighted by atomic mass is 10.1. The minimum absolute atomic E-state index is 0.288. The lowest BCUT2D eigenvalue weighted by molar-refractivity contribution is -0.138. The highest BCUT2D eigenvalue weighted by molar-refractivity contribution is 9.10. The van der Waals surface area contributed by atoms with Gasteiger partial charge in [0.05, 0.1) is 0 Å². The molecule has 1 aliphatic rings. The van der Waals surface area contributed by atoms with E-state index in [1.165, 1.54) is 10.9 Å². The summed E-state index contributed by atoms with van der Waals surface area (Å²) in [6.45, 7) is 2.75. The van der Waals surface area contributed by atoms with Gasteiger partial charge in [-0.25, -0.2) is 0 Å². The molecule has 1 aromatic heterocycles. The number of carboxylic acid groups (broad SMARTS) is 1. The third-order valence-corrected chi connectivity index (χ3v) is 4.45. The highest BCUT2D eigenvalue weighted by Gasteiger charge is 2.24. The van der Waals surface area contributed by atoms with Crippen LogP contribution in [-0.4, -0.2) is 34.0 Å². The maximum absolute atomic E-state index is 10.8. The number of H-pyrrole nitrogens is 1. The van der Waals surface area contributed by atoms with Crippen LogP contribution in [0.2, 0.25) is 0 Å². The number of rotatable bonds is 4. The van der Waals surface area contributed by atoms with Gasteiger partial charge in [-0.15, -0.1) is 0 Å². The van der Waals surface area contributed by atoms with Crippen molar-refractivity contribution in [3.05, 3.63) is 34.4 Å². The summed E-state index contributed by atoms with van der Waals surface area (Å²) in [5.74, 6) is -0.391. The number of hydrogen-bond donors (Lipinski definition) is 2. The number of hydrogen-bond acceptors (Lipinski definition) is 2. The number of aromatic amines is 1. The molecule has 1 fully saturated rings. The fourth-order valence-corrected chi connectivity index (χ4v) is 3.35. The molecule has 0 aliphatic carbocycles. The summed E-state index contributed by atoms with van der Waals surface area (Å²) in [4.78, 5) is 16.4. The van der Waals surface area contributed by atoms with E-state index < -0.39 is 5.97 Å². The van der Waals surface area contributed by atoms with Crippen molar-refractivity contribution < 1.29 is 9.90 Å². The zero-order chi connectivity index (χ0) is 14.1. The fourth-order valence-electron chi connectivity index (χ4n) is 2.99. The molecule has 2 heterocycles. The monoisotopic (exact) mass is 336 g/mol. The average Bonchev–Trinajstić information content (AvgIpc) is 2.97. The molecule has 0 amide bonds. The summed E-state index contributed by atoms with van der Waals surface area (Å²) in [5.41, 5.74) is 2.42. The summed E-state index contributed by atoms with van der Waals surface area (Å²) in [5, 5.41) is 10.1. The Balaban J connectivity index is 1.71. The predicted octanol–water partition coefficient (Wildman–Crippen LogP) is 3.23. The molecule has 3 rings (SSSR count). The number of nitrogens with zero attached hydrogens (tertiary/aromatic N) is 1. The lowest BCUT2D eigenvalue weighted by Gasteiger charge is -2.15. The molecule has 2 aromatic rings. The molecule has 4 nitrogen and oxygen atoms in total. The van der Waals surface area contributed by atoms with Gasteiger partial charge in [-0.3, -0.25) is 9.69 Å². The SMILES string of the molecule is O=C(O)CC1CCN(Cc2c[nH]c3ccc(Br)cc23)C1. The third-order valence-electron chi connectivity index (χ3n) is 3.96. The van der Waals surface area contributed by atoms with Crippen LogP contribution >= 0.6 is 15.9 Å². The molecule has 5 heteroatoms. The third kappa shape index (κ3) is 2.88. The van der Waals surface area contributed by atoms with Gasteiger partial charge in [0.15, 0.2) is 0 Å². The molecule has 106 valence electrons. The first-order valence-electron chi connectivity index (χ1n) is 6.81. The van der Waals surface area contributed by atoms with E-state index >= 15 is 0 Å². The highest BCUT2D eigenvalue weighted by atomic mass is 79.9. The lowest BCUT2D eigenvalue weighted by Crippen LogP contribution is -2.20. The summed E-state index contributed by atoms with van der Waals surface area (Å²) in [7, 11) is 0. The number of aromatic nitrogens is 1. The van der Waals surface area contributed by atoms with E-state index in [9.17, 15) is 4.79 Å². The van der Waals surface area contributed by atoms with E-state index in [4.69, 9.17) is 5.11 Å². The number of carbonyl (C=O) groups is 1. The summed E-state index contributed by atoms with van der Waals surface area (Å²) in [6.07, 6.45) is 3.33. The van der Waals surface area contributed by atoms with Crippen molar-refractivity contribution >= 4 is 32.8 Å². The van der Waals surface area contributed by atoms with Crippen molar-refractivity contribution in [2.75, 3.05) is 13.1 Å². The number of halogens is 1. The van der Waals surface area contributed by atoms with Gasteiger partial charge in [0.25, 0.3) is 0 Å². The Kier molecular flexibility index (Phi) is 3.81. The largest absolute Gasteiger partial charge is 0.481 e. The van der Waals surface area contributed by atoms with E-state index in [1.807, 2.05) is 6.07 Å². The van der Waals surface area contributed by atoms with Gasteiger partial charge in [0, 0.05) is 41.1 Å². The molecule has 1 unspecified atom stereocenters. The molecule has 1 aromatic carbocycles.